The third kappa shape index (κ3) is 3.39. The number of hydrogen-bond acceptors (Lipinski definition) is 3. The fourth-order valence-corrected chi connectivity index (χ4v) is 5.51. The lowest BCUT2D eigenvalue weighted by atomic mass is 10.1. The van der Waals surface area contributed by atoms with Gasteiger partial charge in [0.1, 0.15) is 0 Å². The van der Waals surface area contributed by atoms with Gasteiger partial charge in [0.25, 0.3) is 5.91 Å². The molecule has 2 heterocycles. The van der Waals surface area contributed by atoms with E-state index in [1.54, 1.807) is 27.4 Å². The van der Waals surface area contributed by atoms with E-state index in [9.17, 15) is 13.2 Å². The number of anilines is 1. The summed E-state index contributed by atoms with van der Waals surface area (Å²) in [4.78, 5) is 15.0. The first kappa shape index (κ1) is 18.2. The zero-order chi connectivity index (χ0) is 19.0. The van der Waals surface area contributed by atoms with Crippen LogP contribution in [0.2, 0.25) is 0 Å². The fourth-order valence-electron chi connectivity index (χ4n) is 3.94. The molecule has 0 unspecified atom stereocenters. The molecule has 6 heteroatoms. The third-order valence-corrected chi connectivity index (χ3v) is 7.30. The molecule has 0 N–H and O–H groups in total. The van der Waals surface area contributed by atoms with Crippen molar-refractivity contribution in [3.05, 3.63) is 59.2 Å². The molecule has 0 atom stereocenters. The van der Waals surface area contributed by atoms with Crippen molar-refractivity contribution in [2.24, 2.45) is 0 Å². The van der Waals surface area contributed by atoms with Gasteiger partial charge in [-0.3, -0.25) is 4.79 Å². The average Bonchev–Trinajstić information content (AvgIpc) is 3.11. The molecule has 2 aromatic carbocycles. The summed E-state index contributed by atoms with van der Waals surface area (Å²) in [6, 6.07) is 12.7. The molecular weight excluding hydrogens is 360 g/mol. The number of amides is 1. The van der Waals surface area contributed by atoms with Crippen molar-refractivity contribution in [2.45, 2.75) is 37.5 Å². The minimum absolute atomic E-state index is 0.0379. The molecule has 0 radical (unpaired) electrons. The van der Waals surface area contributed by atoms with Crippen LogP contribution < -0.4 is 4.90 Å². The second-order valence-electron chi connectivity index (χ2n) is 7.33. The van der Waals surface area contributed by atoms with E-state index in [1.807, 2.05) is 31.2 Å². The molecule has 0 spiro atoms. The van der Waals surface area contributed by atoms with Crippen molar-refractivity contribution >= 4 is 21.6 Å². The summed E-state index contributed by atoms with van der Waals surface area (Å²) in [6.45, 7) is 3.73. The van der Waals surface area contributed by atoms with Crippen LogP contribution in [0.4, 0.5) is 5.69 Å². The molecule has 2 aromatic rings. The summed E-state index contributed by atoms with van der Waals surface area (Å²) in [5.41, 5.74) is 3.45. The van der Waals surface area contributed by atoms with Crippen molar-refractivity contribution in [3.63, 3.8) is 0 Å². The Bertz CT molecular complexity index is 979. The van der Waals surface area contributed by atoms with Gasteiger partial charge >= 0.3 is 0 Å². The quantitative estimate of drug-likeness (QED) is 0.815. The monoisotopic (exact) mass is 384 g/mol. The van der Waals surface area contributed by atoms with Crippen molar-refractivity contribution in [3.8, 4) is 0 Å². The maximum atomic E-state index is 12.9. The van der Waals surface area contributed by atoms with E-state index in [1.165, 1.54) is 0 Å². The average molecular weight is 385 g/mol. The molecule has 27 heavy (non-hydrogen) atoms. The second kappa shape index (κ2) is 7.09. The smallest absolute Gasteiger partial charge is 0.258 e. The van der Waals surface area contributed by atoms with Crippen LogP contribution in [-0.2, 0) is 16.4 Å². The Hall–Kier alpha value is -2.18. The van der Waals surface area contributed by atoms with Gasteiger partial charge in [-0.1, -0.05) is 24.1 Å². The Morgan fingerprint density at radius 2 is 1.74 bits per heavy atom. The molecule has 1 fully saturated rings. The molecule has 0 aromatic heterocycles. The van der Waals surface area contributed by atoms with Crippen molar-refractivity contribution in [1.29, 1.82) is 0 Å². The lowest BCUT2D eigenvalue weighted by molar-refractivity contribution is 0.0989. The zero-order valence-corrected chi connectivity index (χ0v) is 16.3. The molecule has 0 bridgehead atoms. The summed E-state index contributed by atoms with van der Waals surface area (Å²) < 4.78 is 27.4. The van der Waals surface area contributed by atoms with Crippen LogP contribution in [-0.4, -0.2) is 38.3 Å². The first-order chi connectivity index (χ1) is 13.0. The Morgan fingerprint density at radius 1 is 0.963 bits per heavy atom. The molecule has 5 nitrogen and oxygen atoms in total. The normalized spacial score (nSPS) is 17.7. The predicted molar refractivity (Wildman–Crippen MR) is 106 cm³/mol. The molecule has 2 aliphatic heterocycles. The molecule has 1 amide bonds. The second-order valence-corrected chi connectivity index (χ2v) is 9.27. The Labute approximate surface area is 160 Å². The topological polar surface area (TPSA) is 57.7 Å². The van der Waals surface area contributed by atoms with E-state index in [0.29, 0.717) is 36.5 Å². The van der Waals surface area contributed by atoms with Crippen LogP contribution in [0.25, 0.3) is 0 Å². The van der Waals surface area contributed by atoms with Gasteiger partial charge in [-0.25, -0.2) is 8.42 Å². The van der Waals surface area contributed by atoms with Crippen LogP contribution >= 0.6 is 0 Å². The van der Waals surface area contributed by atoms with Crippen molar-refractivity contribution in [2.75, 3.05) is 24.5 Å². The van der Waals surface area contributed by atoms with E-state index in [-0.39, 0.29) is 5.91 Å². The summed E-state index contributed by atoms with van der Waals surface area (Å²) >= 11 is 0. The Kier molecular flexibility index (Phi) is 4.78. The minimum atomic E-state index is -3.45. The Morgan fingerprint density at radius 3 is 2.48 bits per heavy atom. The largest absolute Gasteiger partial charge is 0.308 e. The van der Waals surface area contributed by atoms with Gasteiger partial charge in [0.2, 0.25) is 10.0 Å². The van der Waals surface area contributed by atoms with Crippen molar-refractivity contribution in [1.82, 2.24) is 4.31 Å². The number of carbonyl (C=O) groups excluding carboxylic acids is 1. The predicted octanol–water partition coefficient (Wildman–Crippen LogP) is 3.37. The maximum Gasteiger partial charge on any atom is 0.258 e. The van der Waals surface area contributed by atoms with E-state index >= 15 is 0 Å². The number of fused-ring (bicyclic) bond motifs is 1. The van der Waals surface area contributed by atoms with Crippen LogP contribution in [0.5, 0.6) is 0 Å². The molecular formula is C21H24N2O3S. The van der Waals surface area contributed by atoms with E-state index in [0.717, 1.165) is 36.1 Å². The lowest BCUT2D eigenvalue weighted by Gasteiger charge is -2.26. The van der Waals surface area contributed by atoms with Crippen molar-refractivity contribution < 1.29 is 13.2 Å². The van der Waals surface area contributed by atoms with Gasteiger partial charge in [0.05, 0.1) is 4.90 Å². The standard InChI is InChI=1S/C21H24N2O3S/c1-16-6-5-7-18(14-16)21(24)23-13-10-17-15-19(8-9-20(17)23)27(25,26)22-11-3-2-4-12-22/h5-9,14-15H,2-4,10-13H2,1H3. The fraction of sp³-hybridized carbons (Fsp3) is 0.381. The third-order valence-electron chi connectivity index (χ3n) is 5.41. The summed E-state index contributed by atoms with van der Waals surface area (Å²) in [6.07, 6.45) is 3.61. The summed E-state index contributed by atoms with van der Waals surface area (Å²) in [5.74, 6) is -0.0379. The maximum absolute atomic E-state index is 12.9. The summed E-state index contributed by atoms with van der Waals surface area (Å²) in [5, 5.41) is 0. The highest BCUT2D eigenvalue weighted by Gasteiger charge is 2.30. The Balaban J connectivity index is 1.62. The van der Waals surface area contributed by atoms with Crippen LogP contribution in [0.3, 0.4) is 0 Å². The molecule has 1 saturated heterocycles. The first-order valence-corrected chi connectivity index (χ1v) is 10.9. The van der Waals surface area contributed by atoms with Crippen LogP contribution in [0, 0.1) is 6.92 Å². The van der Waals surface area contributed by atoms with Gasteiger partial charge < -0.3 is 4.90 Å². The van der Waals surface area contributed by atoms with Gasteiger partial charge in [-0.15, -0.1) is 0 Å². The van der Waals surface area contributed by atoms with Gasteiger partial charge in [-0.05, 0) is 62.1 Å². The SMILES string of the molecule is Cc1cccc(C(=O)N2CCc3cc(S(=O)(=O)N4CCCCC4)ccc32)c1. The number of benzene rings is 2. The number of carbonyl (C=O) groups is 1. The number of rotatable bonds is 3. The number of piperidine rings is 1. The number of nitrogens with zero attached hydrogens (tertiary/aromatic N) is 2. The highest BCUT2D eigenvalue weighted by atomic mass is 32.2. The van der Waals surface area contributed by atoms with E-state index < -0.39 is 10.0 Å². The molecule has 0 aliphatic carbocycles. The van der Waals surface area contributed by atoms with E-state index in [2.05, 4.69) is 0 Å². The number of aryl methyl sites for hydroxylation is 1. The lowest BCUT2D eigenvalue weighted by Crippen LogP contribution is -2.35. The highest BCUT2D eigenvalue weighted by molar-refractivity contribution is 7.89. The van der Waals surface area contributed by atoms with Gasteiger partial charge in [0, 0.05) is 30.9 Å². The first-order valence-electron chi connectivity index (χ1n) is 9.48. The van der Waals surface area contributed by atoms with Crippen LogP contribution in [0.1, 0.15) is 40.7 Å². The molecule has 142 valence electrons. The summed E-state index contributed by atoms with van der Waals surface area (Å²) in [7, 11) is -3.45. The number of hydrogen-bond donors (Lipinski definition) is 0. The van der Waals surface area contributed by atoms with Gasteiger partial charge in [0.15, 0.2) is 0 Å². The van der Waals surface area contributed by atoms with Crippen LogP contribution in [0.15, 0.2) is 47.4 Å². The number of sulfonamides is 1. The molecule has 4 rings (SSSR count). The highest BCUT2D eigenvalue weighted by Crippen LogP contribution is 2.32. The minimum Gasteiger partial charge on any atom is -0.308 e. The molecule has 0 saturated carbocycles. The zero-order valence-electron chi connectivity index (χ0n) is 15.5. The molecule has 2 aliphatic rings. The van der Waals surface area contributed by atoms with E-state index in [4.69, 9.17) is 0 Å². The van der Waals surface area contributed by atoms with Gasteiger partial charge in [-0.2, -0.15) is 4.31 Å².